The van der Waals surface area contributed by atoms with E-state index in [9.17, 15) is 0 Å². The van der Waals surface area contributed by atoms with Crippen LogP contribution in [0.15, 0.2) is 11.7 Å². The smallest absolute Gasteiger partial charge is 0.0794 e. The van der Waals surface area contributed by atoms with Crippen LogP contribution in [0.5, 0.6) is 0 Å². The van der Waals surface area contributed by atoms with Gasteiger partial charge in [0.15, 0.2) is 0 Å². The van der Waals surface area contributed by atoms with E-state index in [1.807, 2.05) is 11.7 Å². The van der Waals surface area contributed by atoms with Crippen LogP contribution >= 0.6 is 11.3 Å². The Labute approximate surface area is 83.4 Å². The van der Waals surface area contributed by atoms with Gasteiger partial charge < -0.3 is 5.32 Å². The van der Waals surface area contributed by atoms with Gasteiger partial charge in [0.25, 0.3) is 0 Å². The van der Waals surface area contributed by atoms with E-state index < -0.39 is 0 Å². The van der Waals surface area contributed by atoms with Crippen molar-refractivity contribution in [3.63, 3.8) is 0 Å². The van der Waals surface area contributed by atoms with Crippen LogP contribution in [0.1, 0.15) is 37.1 Å². The third-order valence-corrected chi connectivity index (χ3v) is 3.66. The van der Waals surface area contributed by atoms with Crippen molar-refractivity contribution in [3.05, 3.63) is 16.6 Å². The molecule has 0 bridgehead atoms. The number of rotatable bonds is 4. The maximum absolute atomic E-state index is 4.14. The van der Waals surface area contributed by atoms with E-state index in [0.29, 0.717) is 6.04 Å². The maximum Gasteiger partial charge on any atom is 0.0794 e. The summed E-state index contributed by atoms with van der Waals surface area (Å²) in [5.41, 5.74) is 1.93. The molecule has 0 aliphatic heterocycles. The van der Waals surface area contributed by atoms with Crippen LogP contribution in [0, 0.1) is 5.92 Å². The molecule has 1 aromatic rings. The number of thiazole rings is 1. The first-order valence-electron chi connectivity index (χ1n) is 5.03. The van der Waals surface area contributed by atoms with Gasteiger partial charge in [-0.1, -0.05) is 13.3 Å². The lowest BCUT2D eigenvalue weighted by Gasteiger charge is -2.33. The molecule has 1 fully saturated rings. The predicted molar refractivity (Wildman–Crippen MR) is 55.9 cm³/mol. The minimum atomic E-state index is 0.575. The molecular weight excluding hydrogens is 180 g/mol. The van der Waals surface area contributed by atoms with Crippen LogP contribution in [0.4, 0.5) is 0 Å². The van der Waals surface area contributed by atoms with Crippen LogP contribution < -0.4 is 5.32 Å². The van der Waals surface area contributed by atoms with E-state index in [-0.39, 0.29) is 0 Å². The fourth-order valence-corrected chi connectivity index (χ4v) is 2.66. The van der Waals surface area contributed by atoms with Gasteiger partial charge in [-0.2, -0.15) is 0 Å². The minimum absolute atomic E-state index is 0.575. The average molecular weight is 196 g/mol. The molecule has 2 rings (SSSR count). The lowest BCUT2D eigenvalue weighted by Crippen LogP contribution is -2.31. The largest absolute Gasteiger partial charge is 0.309 e. The Balaban J connectivity index is 2.04. The van der Waals surface area contributed by atoms with E-state index in [0.717, 1.165) is 12.5 Å². The summed E-state index contributed by atoms with van der Waals surface area (Å²) in [6.45, 7) is 3.23. The molecule has 0 spiro atoms. The molecule has 0 amide bonds. The molecule has 1 unspecified atom stereocenters. The molecule has 1 N–H and O–H groups in total. The van der Waals surface area contributed by atoms with E-state index in [2.05, 4.69) is 17.2 Å². The van der Waals surface area contributed by atoms with Gasteiger partial charge in [-0.25, -0.2) is 0 Å². The molecule has 1 heterocycles. The van der Waals surface area contributed by atoms with Crippen molar-refractivity contribution < 1.29 is 0 Å². The Bertz CT molecular complexity index is 241. The first-order valence-corrected chi connectivity index (χ1v) is 5.91. The lowest BCUT2D eigenvalue weighted by molar-refractivity contribution is 0.235. The normalized spacial score (nSPS) is 19.8. The van der Waals surface area contributed by atoms with Gasteiger partial charge >= 0.3 is 0 Å². The first-order chi connectivity index (χ1) is 6.42. The summed E-state index contributed by atoms with van der Waals surface area (Å²) < 4.78 is 0. The van der Waals surface area contributed by atoms with E-state index in [1.165, 1.54) is 24.1 Å². The van der Waals surface area contributed by atoms with Crippen LogP contribution in [0.25, 0.3) is 0 Å². The number of hydrogen-bond acceptors (Lipinski definition) is 3. The highest BCUT2D eigenvalue weighted by Crippen LogP contribution is 2.38. The van der Waals surface area contributed by atoms with Crippen molar-refractivity contribution in [3.8, 4) is 0 Å². The Hall–Kier alpha value is -0.410. The van der Waals surface area contributed by atoms with Crippen molar-refractivity contribution in [2.24, 2.45) is 5.92 Å². The summed E-state index contributed by atoms with van der Waals surface area (Å²) in [5, 5.41) is 3.56. The van der Waals surface area contributed by atoms with Crippen molar-refractivity contribution >= 4 is 11.3 Å². The molecule has 0 radical (unpaired) electrons. The monoisotopic (exact) mass is 196 g/mol. The molecule has 13 heavy (non-hydrogen) atoms. The van der Waals surface area contributed by atoms with E-state index in [1.54, 1.807) is 11.3 Å². The van der Waals surface area contributed by atoms with Crippen molar-refractivity contribution in [2.75, 3.05) is 6.54 Å². The average Bonchev–Trinajstić information content (AvgIpc) is 2.51. The fraction of sp³-hybridized carbons (Fsp3) is 0.700. The molecule has 1 saturated carbocycles. The summed E-state index contributed by atoms with van der Waals surface area (Å²) >= 11 is 1.77. The summed E-state index contributed by atoms with van der Waals surface area (Å²) in [6, 6.07) is 0.575. The molecule has 1 aliphatic carbocycles. The molecule has 2 nitrogen and oxygen atoms in total. The summed E-state index contributed by atoms with van der Waals surface area (Å²) in [7, 11) is 0. The molecular formula is C10H16N2S. The third kappa shape index (κ3) is 1.92. The molecule has 0 saturated heterocycles. The van der Waals surface area contributed by atoms with Gasteiger partial charge in [0.2, 0.25) is 0 Å². The quantitative estimate of drug-likeness (QED) is 0.800. The predicted octanol–water partition coefficient (Wildman–Crippen LogP) is 2.59. The van der Waals surface area contributed by atoms with E-state index in [4.69, 9.17) is 0 Å². The first kappa shape index (κ1) is 9.16. The zero-order chi connectivity index (χ0) is 9.10. The maximum atomic E-state index is 4.14. The number of nitrogens with one attached hydrogen (secondary N) is 1. The molecule has 0 aromatic carbocycles. The van der Waals surface area contributed by atoms with Gasteiger partial charge in [-0.3, -0.25) is 4.98 Å². The van der Waals surface area contributed by atoms with Crippen LogP contribution in [-0.2, 0) is 0 Å². The van der Waals surface area contributed by atoms with Crippen LogP contribution in [0.3, 0.4) is 0 Å². The molecule has 1 atom stereocenters. The number of aromatic nitrogens is 1. The molecule has 1 aromatic heterocycles. The van der Waals surface area contributed by atoms with Crippen molar-refractivity contribution in [1.82, 2.24) is 10.3 Å². The highest BCUT2D eigenvalue weighted by atomic mass is 32.1. The van der Waals surface area contributed by atoms with Gasteiger partial charge in [0, 0.05) is 17.1 Å². The Morgan fingerprint density at radius 1 is 1.69 bits per heavy atom. The molecule has 3 heteroatoms. The highest BCUT2D eigenvalue weighted by molar-refractivity contribution is 7.09. The van der Waals surface area contributed by atoms with Gasteiger partial charge in [0.05, 0.1) is 5.51 Å². The number of hydrogen-bond donors (Lipinski definition) is 1. The fourth-order valence-electron chi connectivity index (χ4n) is 1.87. The SMILES string of the molecule is CCNC(c1cncs1)C1CCC1. The zero-order valence-electron chi connectivity index (χ0n) is 7.99. The summed E-state index contributed by atoms with van der Waals surface area (Å²) in [4.78, 5) is 5.55. The Morgan fingerprint density at radius 2 is 2.54 bits per heavy atom. The van der Waals surface area contributed by atoms with E-state index >= 15 is 0 Å². The summed E-state index contributed by atoms with van der Waals surface area (Å²) in [6.07, 6.45) is 6.19. The van der Waals surface area contributed by atoms with Gasteiger partial charge in [-0.05, 0) is 25.3 Å². The van der Waals surface area contributed by atoms with Gasteiger partial charge in [0.1, 0.15) is 0 Å². The Kier molecular flexibility index (Phi) is 2.96. The highest BCUT2D eigenvalue weighted by Gasteiger charge is 2.28. The Morgan fingerprint density at radius 3 is 3.00 bits per heavy atom. The van der Waals surface area contributed by atoms with Gasteiger partial charge in [-0.15, -0.1) is 11.3 Å². The lowest BCUT2D eigenvalue weighted by atomic mass is 9.79. The second kappa shape index (κ2) is 4.20. The second-order valence-corrected chi connectivity index (χ2v) is 4.55. The second-order valence-electron chi connectivity index (χ2n) is 3.63. The van der Waals surface area contributed by atoms with Crippen LogP contribution in [-0.4, -0.2) is 11.5 Å². The number of nitrogens with zero attached hydrogens (tertiary/aromatic N) is 1. The molecule has 72 valence electrons. The zero-order valence-corrected chi connectivity index (χ0v) is 8.81. The standard InChI is InChI=1S/C10H16N2S/c1-2-12-10(8-4-3-5-8)9-6-11-7-13-9/h6-8,10,12H,2-5H2,1H3. The molecule has 1 aliphatic rings. The topological polar surface area (TPSA) is 24.9 Å². The minimum Gasteiger partial charge on any atom is -0.309 e. The third-order valence-electron chi connectivity index (χ3n) is 2.80. The van der Waals surface area contributed by atoms with Crippen LogP contribution in [0.2, 0.25) is 0 Å². The van der Waals surface area contributed by atoms with Crippen molar-refractivity contribution in [1.29, 1.82) is 0 Å². The summed E-state index contributed by atoms with van der Waals surface area (Å²) in [5.74, 6) is 0.861. The van der Waals surface area contributed by atoms with Crippen molar-refractivity contribution in [2.45, 2.75) is 32.2 Å².